The number of β-lactam (4-membered cyclic amide) rings is 2. The molecule has 2 saturated heterocycles. The van der Waals surface area contributed by atoms with Crippen molar-refractivity contribution in [1.29, 1.82) is 0 Å². The van der Waals surface area contributed by atoms with Gasteiger partial charge in [-0.25, -0.2) is 0 Å². The van der Waals surface area contributed by atoms with Crippen molar-refractivity contribution in [3.63, 3.8) is 0 Å². The number of esters is 2. The Hall–Kier alpha value is -2.92. The number of thioether (sulfide) groups is 2. The Morgan fingerprint density at radius 1 is 0.690 bits per heavy atom. The molecule has 0 aromatic heterocycles. The summed E-state index contributed by atoms with van der Waals surface area (Å²) in [6.07, 6.45) is -0.0736. The van der Waals surface area contributed by atoms with E-state index in [4.69, 9.17) is 37.1 Å². The number of carbonyl (C=O) groups is 6. The molecule has 2 fully saturated rings. The number of hydrogen-bond donors (Lipinski definition) is 1. The SMILES string of the molecule is CC(=O)OCCCN1C(=O)[C@H]([C@@H](C)O)[C@H]1[C@@H](C)C(=O)Sc1ccc(Cl)cc1.CC(=O)OCCCN1C(=O)[C@H]([C@@H](C)O[Si](C)(C)C)[C@H]1[C@@H](C)C(=O)Sc1ccc(Cl)cc1. The number of carbonyl (C=O) groups excluding carboxylic acids is 6. The molecule has 2 heterocycles. The number of aliphatic hydroxyl groups excluding tert-OH is 1. The molecule has 2 amide bonds. The third kappa shape index (κ3) is 14.4. The lowest BCUT2D eigenvalue weighted by atomic mass is 9.77. The second-order valence-corrected chi connectivity index (χ2v) is 23.0. The molecule has 0 bridgehead atoms. The molecular formula is C41H56Cl2N2O10S2Si. The van der Waals surface area contributed by atoms with E-state index in [1.165, 1.54) is 13.8 Å². The Kier molecular flexibility index (Phi) is 19.3. The van der Waals surface area contributed by atoms with Gasteiger partial charge in [-0.2, -0.15) is 0 Å². The summed E-state index contributed by atoms with van der Waals surface area (Å²) in [5.74, 6) is -2.66. The zero-order valence-electron chi connectivity index (χ0n) is 34.6. The van der Waals surface area contributed by atoms with Crippen LogP contribution in [0.25, 0.3) is 0 Å². The van der Waals surface area contributed by atoms with Gasteiger partial charge < -0.3 is 28.8 Å². The molecule has 0 aliphatic carbocycles. The van der Waals surface area contributed by atoms with Crippen molar-refractivity contribution in [2.45, 2.75) is 108 Å². The minimum Gasteiger partial charge on any atom is -0.466 e. The fourth-order valence-electron chi connectivity index (χ4n) is 7.08. The molecule has 0 unspecified atom stereocenters. The maximum absolute atomic E-state index is 13.0. The van der Waals surface area contributed by atoms with Gasteiger partial charge in [-0.3, -0.25) is 28.8 Å². The molecular weight excluding hydrogens is 844 g/mol. The summed E-state index contributed by atoms with van der Waals surface area (Å²) in [6, 6.07) is 13.5. The minimum absolute atomic E-state index is 0.00462. The van der Waals surface area contributed by atoms with E-state index in [1.807, 2.05) is 26.0 Å². The molecule has 1 N–H and O–H groups in total. The van der Waals surface area contributed by atoms with Gasteiger partial charge in [0.1, 0.15) is 0 Å². The maximum atomic E-state index is 13.0. The van der Waals surface area contributed by atoms with Crippen LogP contribution in [0.3, 0.4) is 0 Å². The van der Waals surface area contributed by atoms with Crippen molar-refractivity contribution in [3.05, 3.63) is 58.6 Å². The van der Waals surface area contributed by atoms with Crippen LogP contribution in [-0.2, 0) is 42.7 Å². The van der Waals surface area contributed by atoms with Crippen LogP contribution in [0.4, 0.5) is 0 Å². The van der Waals surface area contributed by atoms with Gasteiger partial charge in [-0.05, 0) is 94.9 Å². The Bertz CT molecular complexity index is 1750. The highest BCUT2D eigenvalue weighted by molar-refractivity contribution is 8.14. The van der Waals surface area contributed by atoms with E-state index in [2.05, 4.69) is 19.6 Å². The molecule has 17 heteroatoms. The maximum Gasteiger partial charge on any atom is 0.302 e. The van der Waals surface area contributed by atoms with Gasteiger partial charge in [0.05, 0.1) is 49.3 Å². The molecule has 320 valence electrons. The Morgan fingerprint density at radius 3 is 1.40 bits per heavy atom. The number of amides is 2. The van der Waals surface area contributed by atoms with Crippen LogP contribution in [0.1, 0.15) is 54.4 Å². The lowest BCUT2D eigenvalue weighted by Crippen LogP contribution is -2.68. The Labute approximate surface area is 361 Å². The van der Waals surface area contributed by atoms with E-state index in [-0.39, 0.29) is 77.2 Å². The van der Waals surface area contributed by atoms with Crippen molar-refractivity contribution in [1.82, 2.24) is 9.80 Å². The van der Waals surface area contributed by atoms with Crippen LogP contribution in [0.5, 0.6) is 0 Å². The van der Waals surface area contributed by atoms with E-state index in [0.717, 1.165) is 33.3 Å². The van der Waals surface area contributed by atoms with Gasteiger partial charge in [0.25, 0.3) is 0 Å². The van der Waals surface area contributed by atoms with Crippen LogP contribution >= 0.6 is 46.7 Å². The molecule has 0 saturated carbocycles. The molecule has 2 aliphatic rings. The van der Waals surface area contributed by atoms with Crippen LogP contribution in [0.15, 0.2) is 58.3 Å². The average molecular weight is 900 g/mol. The van der Waals surface area contributed by atoms with Crippen molar-refractivity contribution in [2.75, 3.05) is 26.3 Å². The summed E-state index contributed by atoms with van der Waals surface area (Å²) < 4.78 is 16.1. The van der Waals surface area contributed by atoms with E-state index >= 15 is 0 Å². The molecule has 12 nitrogen and oxygen atoms in total. The topological polar surface area (TPSA) is 157 Å². The Balaban J connectivity index is 0.000000313. The first-order valence-corrected chi connectivity index (χ1v) is 25.1. The Morgan fingerprint density at radius 2 is 1.05 bits per heavy atom. The first-order valence-electron chi connectivity index (χ1n) is 19.3. The van der Waals surface area contributed by atoms with E-state index in [0.29, 0.717) is 36.0 Å². The van der Waals surface area contributed by atoms with Crippen molar-refractivity contribution in [3.8, 4) is 0 Å². The number of aliphatic hydroxyl groups is 1. The van der Waals surface area contributed by atoms with Crippen LogP contribution in [-0.4, -0.2) is 108 Å². The minimum atomic E-state index is -1.85. The van der Waals surface area contributed by atoms with Gasteiger partial charge in [0.2, 0.25) is 11.8 Å². The molecule has 0 spiro atoms. The van der Waals surface area contributed by atoms with Crippen molar-refractivity contribution < 1.29 is 47.8 Å². The molecule has 2 aliphatic heterocycles. The monoisotopic (exact) mass is 898 g/mol. The first-order chi connectivity index (χ1) is 27.1. The first kappa shape index (κ1) is 49.4. The molecule has 2 aromatic rings. The number of ether oxygens (including phenoxy) is 2. The summed E-state index contributed by atoms with van der Waals surface area (Å²) in [7, 11) is -1.85. The average Bonchev–Trinajstić information content (AvgIpc) is 3.12. The lowest BCUT2D eigenvalue weighted by molar-refractivity contribution is -0.170. The summed E-state index contributed by atoms with van der Waals surface area (Å²) in [4.78, 5) is 77.9. The number of benzene rings is 2. The largest absolute Gasteiger partial charge is 0.466 e. The molecule has 4 rings (SSSR count). The predicted octanol–water partition coefficient (Wildman–Crippen LogP) is 7.37. The fraction of sp³-hybridized carbons (Fsp3) is 0.561. The molecule has 2 aromatic carbocycles. The standard InChI is InChI=1S/C22H32ClNO5SSi.C19H24ClNO5S/c1-14(22(27)30-18-10-8-17(23)9-11-18)20-19(15(2)29-31(4,5)6)21(26)24(20)12-7-13-28-16(3)25;1-11(19(25)27-15-7-5-14(20)6-8-15)17-16(12(2)22)18(24)21(17)9-4-10-26-13(3)23/h8-11,14-15,19-20H,7,12-13H2,1-6H3;5-8,11-12,16-17,22H,4,9-10H2,1-3H3/t14-,15-,19-,20-;11-,12-,16-,17-/m11/s1. The highest BCUT2D eigenvalue weighted by atomic mass is 35.5. The van der Waals surface area contributed by atoms with Crippen LogP contribution in [0.2, 0.25) is 29.7 Å². The zero-order chi connectivity index (χ0) is 43.5. The molecule has 8 atom stereocenters. The van der Waals surface area contributed by atoms with Crippen molar-refractivity contribution >= 4 is 89.0 Å². The number of likely N-dealkylation sites (tertiary alicyclic amines) is 2. The van der Waals surface area contributed by atoms with Gasteiger partial charge in [0.15, 0.2) is 18.5 Å². The second-order valence-electron chi connectivity index (χ2n) is 15.5. The van der Waals surface area contributed by atoms with Crippen LogP contribution in [0, 0.1) is 23.7 Å². The van der Waals surface area contributed by atoms with E-state index < -0.39 is 26.3 Å². The normalized spacial score (nSPS) is 21.0. The quantitative estimate of drug-likeness (QED) is 0.0522. The molecule has 58 heavy (non-hydrogen) atoms. The summed E-state index contributed by atoms with van der Waals surface area (Å²) in [5, 5.41) is 11.1. The van der Waals surface area contributed by atoms with E-state index in [9.17, 15) is 33.9 Å². The van der Waals surface area contributed by atoms with Crippen LogP contribution < -0.4 is 0 Å². The number of hydrogen-bond acceptors (Lipinski definition) is 12. The summed E-state index contributed by atoms with van der Waals surface area (Å²) in [5.41, 5.74) is 0. The van der Waals surface area contributed by atoms with Gasteiger partial charge in [-0.15, -0.1) is 0 Å². The third-order valence-corrected chi connectivity index (χ3v) is 13.4. The number of halogens is 2. The summed E-state index contributed by atoms with van der Waals surface area (Å²) >= 11 is 14.1. The zero-order valence-corrected chi connectivity index (χ0v) is 38.7. The van der Waals surface area contributed by atoms with E-state index in [1.54, 1.807) is 60.0 Å². The second kappa shape index (κ2) is 22.6. The molecule has 0 radical (unpaired) electrons. The van der Waals surface area contributed by atoms with Gasteiger partial charge in [-0.1, -0.05) is 60.6 Å². The van der Waals surface area contributed by atoms with Gasteiger partial charge in [0, 0.05) is 58.6 Å². The number of nitrogens with zero attached hydrogens (tertiary/aromatic N) is 2. The predicted molar refractivity (Wildman–Crippen MR) is 229 cm³/mol. The van der Waals surface area contributed by atoms with Gasteiger partial charge >= 0.3 is 11.9 Å². The van der Waals surface area contributed by atoms with Crippen molar-refractivity contribution in [2.24, 2.45) is 23.7 Å². The fourth-order valence-corrected chi connectivity index (χ4v) is 10.3. The summed E-state index contributed by atoms with van der Waals surface area (Å²) in [6.45, 7) is 17.4. The lowest BCUT2D eigenvalue weighted by Gasteiger charge is -2.52. The smallest absolute Gasteiger partial charge is 0.302 e. The highest BCUT2D eigenvalue weighted by Gasteiger charge is 2.55. The third-order valence-electron chi connectivity index (χ3n) is 9.69. The number of rotatable bonds is 18. The highest BCUT2D eigenvalue weighted by Crippen LogP contribution is 2.40.